The summed E-state index contributed by atoms with van der Waals surface area (Å²) in [7, 11) is -3.89. The van der Waals surface area contributed by atoms with Crippen LogP contribution in [0.3, 0.4) is 0 Å². The number of anilines is 1. The number of hydrogen-bond donors (Lipinski definition) is 2. The number of rotatable bonds is 4. The van der Waals surface area contributed by atoms with Crippen molar-refractivity contribution in [2.24, 2.45) is 5.73 Å². The topological polar surface area (TPSA) is 108 Å². The fourth-order valence-electron chi connectivity index (χ4n) is 2.30. The standard InChI is InChI=1S/C16H15ClN2O5S/c17-13-4-2-10(8-12(13)16(18)20)19-25(21,22)11-3-5-14-15(9-11)24-7-1-6-23-14/h2-5,8-9,19H,1,6-7H2,(H2,18,20). The second kappa shape index (κ2) is 6.81. The molecule has 1 heterocycles. The van der Waals surface area contributed by atoms with Crippen molar-refractivity contribution in [1.82, 2.24) is 0 Å². The maximum atomic E-state index is 12.6. The van der Waals surface area contributed by atoms with E-state index in [1.54, 1.807) is 6.07 Å². The van der Waals surface area contributed by atoms with E-state index in [1.807, 2.05) is 0 Å². The number of carbonyl (C=O) groups excluding carboxylic acids is 1. The second-order valence-corrected chi connectivity index (χ2v) is 7.41. The molecule has 3 N–H and O–H groups in total. The Kier molecular flexibility index (Phi) is 4.73. The van der Waals surface area contributed by atoms with Crippen LogP contribution in [0.15, 0.2) is 41.3 Å². The van der Waals surface area contributed by atoms with E-state index >= 15 is 0 Å². The number of nitrogens with two attached hydrogens (primary N) is 1. The zero-order valence-electron chi connectivity index (χ0n) is 13.0. The summed E-state index contributed by atoms with van der Waals surface area (Å²) in [6, 6.07) is 8.48. The molecule has 1 aliphatic rings. The number of halogens is 1. The molecule has 0 aromatic heterocycles. The Balaban J connectivity index is 1.91. The molecule has 3 rings (SSSR count). The molecule has 0 fully saturated rings. The fraction of sp³-hybridized carbons (Fsp3) is 0.188. The highest BCUT2D eigenvalue weighted by atomic mass is 35.5. The summed E-state index contributed by atoms with van der Waals surface area (Å²) in [5, 5.41) is 0.144. The Morgan fingerprint density at radius 1 is 1.08 bits per heavy atom. The van der Waals surface area contributed by atoms with Gasteiger partial charge >= 0.3 is 0 Å². The van der Waals surface area contributed by atoms with E-state index in [9.17, 15) is 13.2 Å². The number of ether oxygens (including phenoxy) is 2. The lowest BCUT2D eigenvalue weighted by Crippen LogP contribution is -2.15. The van der Waals surface area contributed by atoms with Gasteiger partial charge in [0.25, 0.3) is 10.0 Å². The first-order valence-electron chi connectivity index (χ1n) is 7.39. The number of fused-ring (bicyclic) bond motifs is 1. The van der Waals surface area contributed by atoms with Crippen molar-refractivity contribution >= 4 is 33.2 Å². The Hall–Kier alpha value is -2.45. The third kappa shape index (κ3) is 3.80. The molecule has 7 nitrogen and oxygen atoms in total. The molecule has 0 saturated carbocycles. The molecule has 0 radical (unpaired) electrons. The van der Waals surface area contributed by atoms with Crippen molar-refractivity contribution < 1.29 is 22.7 Å². The van der Waals surface area contributed by atoms with Gasteiger partial charge in [-0.3, -0.25) is 9.52 Å². The van der Waals surface area contributed by atoms with E-state index in [1.165, 1.54) is 30.3 Å². The summed E-state index contributed by atoms with van der Waals surface area (Å²) in [6.45, 7) is 0.959. The lowest BCUT2D eigenvalue weighted by Gasteiger charge is -2.12. The molecule has 1 amide bonds. The molecule has 0 saturated heterocycles. The third-order valence-corrected chi connectivity index (χ3v) is 5.22. The van der Waals surface area contributed by atoms with Crippen LogP contribution in [0.1, 0.15) is 16.8 Å². The molecule has 0 unspecified atom stereocenters. The lowest BCUT2D eigenvalue weighted by atomic mass is 10.2. The van der Waals surface area contributed by atoms with Gasteiger partial charge in [0.05, 0.1) is 28.7 Å². The van der Waals surface area contributed by atoms with Gasteiger partial charge in [-0.05, 0) is 30.3 Å². The van der Waals surface area contributed by atoms with Crippen molar-refractivity contribution in [2.45, 2.75) is 11.3 Å². The van der Waals surface area contributed by atoms with Gasteiger partial charge in [-0.15, -0.1) is 0 Å². The van der Waals surface area contributed by atoms with Crippen LogP contribution in [0.5, 0.6) is 11.5 Å². The smallest absolute Gasteiger partial charge is 0.262 e. The Morgan fingerprint density at radius 3 is 2.52 bits per heavy atom. The zero-order valence-corrected chi connectivity index (χ0v) is 14.6. The molecular formula is C16H15ClN2O5S. The van der Waals surface area contributed by atoms with Gasteiger partial charge in [-0.25, -0.2) is 8.42 Å². The number of benzene rings is 2. The molecule has 9 heteroatoms. The molecule has 0 spiro atoms. The van der Waals surface area contributed by atoms with Crippen molar-refractivity contribution in [3.63, 3.8) is 0 Å². The quantitative estimate of drug-likeness (QED) is 0.844. The number of hydrogen-bond acceptors (Lipinski definition) is 5. The molecule has 25 heavy (non-hydrogen) atoms. The van der Waals surface area contributed by atoms with E-state index in [2.05, 4.69) is 4.72 Å². The van der Waals surface area contributed by atoms with Crippen LogP contribution in [0, 0.1) is 0 Å². The molecule has 2 aromatic rings. The monoisotopic (exact) mass is 382 g/mol. The van der Waals surface area contributed by atoms with Crippen LogP contribution in [-0.2, 0) is 10.0 Å². The Bertz CT molecular complexity index is 930. The molecular weight excluding hydrogens is 368 g/mol. The number of carbonyl (C=O) groups is 1. The Labute approximate surface area is 149 Å². The predicted octanol–water partition coefficient (Wildman–Crippen LogP) is 2.40. The van der Waals surface area contributed by atoms with Crippen LogP contribution in [0.2, 0.25) is 5.02 Å². The van der Waals surface area contributed by atoms with E-state index < -0.39 is 15.9 Å². The largest absolute Gasteiger partial charge is 0.490 e. The minimum absolute atomic E-state index is 0.00678. The van der Waals surface area contributed by atoms with Crippen LogP contribution >= 0.6 is 11.6 Å². The summed E-state index contributed by atoms with van der Waals surface area (Å²) >= 11 is 5.87. The van der Waals surface area contributed by atoms with Crippen molar-refractivity contribution in [1.29, 1.82) is 0 Å². The first kappa shape index (κ1) is 17.4. The van der Waals surface area contributed by atoms with E-state index in [0.717, 1.165) is 6.42 Å². The highest BCUT2D eigenvalue weighted by Gasteiger charge is 2.19. The summed E-state index contributed by atoms with van der Waals surface area (Å²) in [4.78, 5) is 11.3. The van der Waals surface area contributed by atoms with Gasteiger partial charge in [0, 0.05) is 18.2 Å². The average molecular weight is 383 g/mol. The van der Waals surface area contributed by atoms with Crippen LogP contribution in [0.25, 0.3) is 0 Å². The number of primary amides is 1. The van der Waals surface area contributed by atoms with Crippen molar-refractivity contribution in [3.05, 3.63) is 47.0 Å². The normalized spacial score (nSPS) is 13.8. The van der Waals surface area contributed by atoms with Gasteiger partial charge in [0.1, 0.15) is 0 Å². The zero-order chi connectivity index (χ0) is 18.0. The molecule has 1 aliphatic heterocycles. The van der Waals surface area contributed by atoms with E-state index in [-0.39, 0.29) is 21.2 Å². The van der Waals surface area contributed by atoms with Gasteiger partial charge in [-0.1, -0.05) is 11.6 Å². The van der Waals surface area contributed by atoms with Gasteiger partial charge in [0.15, 0.2) is 11.5 Å². The summed E-state index contributed by atoms with van der Waals surface area (Å²) in [5.41, 5.74) is 5.42. The van der Waals surface area contributed by atoms with Crippen molar-refractivity contribution in [3.8, 4) is 11.5 Å². The van der Waals surface area contributed by atoms with Gasteiger partial charge in [-0.2, -0.15) is 0 Å². The highest BCUT2D eigenvalue weighted by Crippen LogP contribution is 2.32. The number of nitrogens with one attached hydrogen (secondary N) is 1. The average Bonchev–Trinajstić information content (AvgIpc) is 2.80. The first-order valence-corrected chi connectivity index (χ1v) is 9.25. The lowest BCUT2D eigenvalue weighted by molar-refractivity contribution is 0.100. The Morgan fingerprint density at radius 2 is 1.80 bits per heavy atom. The molecule has 0 bridgehead atoms. The molecule has 0 atom stereocenters. The van der Waals surface area contributed by atoms with E-state index in [4.69, 9.17) is 26.8 Å². The SMILES string of the molecule is NC(=O)c1cc(NS(=O)(=O)c2ccc3c(c2)OCCCO3)ccc1Cl. The maximum Gasteiger partial charge on any atom is 0.262 e. The summed E-state index contributed by atoms with van der Waals surface area (Å²) in [5.74, 6) is 0.120. The van der Waals surface area contributed by atoms with Crippen LogP contribution < -0.4 is 19.9 Å². The van der Waals surface area contributed by atoms with Gasteiger partial charge < -0.3 is 15.2 Å². The number of amides is 1. The summed E-state index contributed by atoms with van der Waals surface area (Å²) in [6.07, 6.45) is 0.718. The maximum absolute atomic E-state index is 12.6. The minimum Gasteiger partial charge on any atom is -0.490 e. The fourth-order valence-corrected chi connectivity index (χ4v) is 3.58. The van der Waals surface area contributed by atoms with E-state index in [0.29, 0.717) is 24.7 Å². The first-order chi connectivity index (χ1) is 11.9. The molecule has 0 aliphatic carbocycles. The van der Waals surface area contributed by atoms with Gasteiger partial charge in [0.2, 0.25) is 5.91 Å². The second-order valence-electron chi connectivity index (χ2n) is 5.32. The molecule has 2 aromatic carbocycles. The third-order valence-electron chi connectivity index (χ3n) is 3.51. The molecule has 132 valence electrons. The summed E-state index contributed by atoms with van der Waals surface area (Å²) < 4.78 is 38.5. The predicted molar refractivity (Wildman–Crippen MR) is 92.8 cm³/mol. The highest BCUT2D eigenvalue weighted by molar-refractivity contribution is 7.92. The number of sulfonamides is 1. The van der Waals surface area contributed by atoms with Crippen molar-refractivity contribution in [2.75, 3.05) is 17.9 Å². The minimum atomic E-state index is -3.89. The van der Waals surface area contributed by atoms with Crippen LogP contribution in [0.4, 0.5) is 5.69 Å². The van der Waals surface area contributed by atoms with Crippen LogP contribution in [-0.4, -0.2) is 27.5 Å².